The third-order valence-corrected chi connectivity index (χ3v) is 6.60. The van der Waals surface area contributed by atoms with Crippen LogP contribution in [0.3, 0.4) is 0 Å². The van der Waals surface area contributed by atoms with E-state index in [4.69, 9.17) is 9.47 Å². The number of pyridine rings is 2. The number of para-hydroxylation sites is 2. The molecule has 0 amide bonds. The minimum atomic E-state index is -0.862. The van der Waals surface area contributed by atoms with Crippen molar-refractivity contribution < 1.29 is 13.9 Å². The zero-order valence-electron chi connectivity index (χ0n) is 20.6. The number of fused-ring (bicyclic) bond motifs is 1. The quantitative estimate of drug-likeness (QED) is 0.271. The van der Waals surface area contributed by atoms with Crippen molar-refractivity contribution in [2.75, 3.05) is 7.11 Å². The fraction of sp³-hybridized carbons (Fsp3) is 0.185. The molecule has 5 aromatic rings. The van der Waals surface area contributed by atoms with E-state index < -0.39 is 17.1 Å². The van der Waals surface area contributed by atoms with Gasteiger partial charge in [-0.25, -0.2) is 14.2 Å². The molecule has 0 unspecified atom stereocenters. The molecule has 0 atom stereocenters. The number of benzene rings is 2. The van der Waals surface area contributed by atoms with E-state index in [1.807, 2.05) is 30.3 Å². The number of rotatable bonds is 8. The molecule has 0 aliphatic carbocycles. The van der Waals surface area contributed by atoms with Crippen LogP contribution in [-0.4, -0.2) is 31.0 Å². The Labute approximate surface area is 224 Å². The van der Waals surface area contributed by atoms with Crippen LogP contribution in [0.1, 0.15) is 18.3 Å². The highest BCUT2D eigenvalue weighted by atomic mass is 79.9. The maximum atomic E-state index is 15.4. The van der Waals surface area contributed by atoms with E-state index in [1.165, 1.54) is 22.4 Å². The van der Waals surface area contributed by atoms with E-state index in [0.29, 0.717) is 34.9 Å². The van der Waals surface area contributed by atoms with Gasteiger partial charge in [-0.15, -0.1) is 5.10 Å². The van der Waals surface area contributed by atoms with Crippen LogP contribution >= 0.6 is 15.9 Å². The smallest absolute Gasteiger partial charge is 0.352 e. The molecule has 5 rings (SSSR count). The van der Waals surface area contributed by atoms with Crippen molar-refractivity contribution in [3.8, 4) is 17.3 Å². The first-order valence-corrected chi connectivity index (χ1v) is 12.6. The average molecular weight is 580 g/mol. The van der Waals surface area contributed by atoms with Crippen LogP contribution in [0.25, 0.3) is 22.4 Å². The van der Waals surface area contributed by atoms with Crippen LogP contribution in [0.15, 0.2) is 80.9 Å². The topological polar surface area (TPSA) is 93.2 Å². The first-order valence-electron chi connectivity index (χ1n) is 11.8. The van der Waals surface area contributed by atoms with Crippen molar-refractivity contribution in [1.82, 2.24) is 23.9 Å². The van der Waals surface area contributed by atoms with Crippen LogP contribution in [0.2, 0.25) is 0 Å². The highest BCUT2D eigenvalue weighted by molar-refractivity contribution is 9.10. The van der Waals surface area contributed by atoms with Gasteiger partial charge < -0.3 is 9.47 Å². The van der Waals surface area contributed by atoms with Gasteiger partial charge in [0.25, 0.3) is 5.56 Å². The fourth-order valence-corrected chi connectivity index (χ4v) is 4.68. The molecular weight excluding hydrogens is 557 g/mol. The lowest BCUT2D eigenvalue weighted by atomic mass is 10.2. The number of halogens is 2. The number of hydrogen-bond donors (Lipinski definition) is 0. The maximum absolute atomic E-state index is 15.4. The van der Waals surface area contributed by atoms with E-state index in [0.717, 1.165) is 16.3 Å². The van der Waals surface area contributed by atoms with Gasteiger partial charge in [0, 0.05) is 12.7 Å². The molecule has 3 aromatic heterocycles. The molecule has 0 aliphatic heterocycles. The third-order valence-electron chi connectivity index (χ3n) is 6.02. The summed E-state index contributed by atoms with van der Waals surface area (Å²) < 4.78 is 30.6. The monoisotopic (exact) mass is 579 g/mol. The summed E-state index contributed by atoms with van der Waals surface area (Å²) in [5.74, 6) is -0.363. The molecule has 9 nitrogen and oxygen atoms in total. The van der Waals surface area contributed by atoms with Gasteiger partial charge in [-0.05, 0) is 46.6 Å². The Hall–Kier alpha value is -4.09. The van der Waals surface area contributed by atoms with Gasteiger partial charge in [0.2, 0.25) is 0 Å². The molecule has 38 heavy (non-hydrogen) atoms. The number of nitrogens with zero attached hydrogens (tertiary/aromatic N) is 5. The van der Waals surface area contributed by atoms with E-state index in [1.54, 1.807) is 31.2 Å². The number of methoxy groups -OCH3 is 1. The predicted molar refractivity (Wildman–Crippen MR) is 144 cm³/mol. The minimum Gasteiger partial charge on any atom is -0.495 e. The first kappa shape index (κ1) is 25.6. The molecule has 0 spiro atoms. The van der Waals surface area contributed by atoms with Crippen molar-refractivity contribution in [1.29, 1.82) is 0 Å². The second-order valence-electron chi connectivity index (χ2n) is 8.35. The van der Waals surface area contributed by atoms with Crippen molar-refractivity contribution in [3.05, 3.63) is 109 Å². The summed E-state index contributed by atoms with van der Waals surface area (Å²) in [5, 5.41) is 4.34. The van der Waals surface area contributed by atoms with Gasteiger partial charge in [-0.3, -0.25) is 13.9 Å². The average Bonchev–Trinajstić information content (AvgIpc) is 3.25. The van der Waals surface area contributed by atoms with E-state index >= 15 is 4.39 Å². The molecule has 194 valence electrons. The van der Waals surface area contributed by atoms with Crippen LogP contribution < -0.4 is 16.0 Å². The van der Waals surface area contributed by atoms with Gasteiger partial charge in [0.05, 0.1) is 34.8 Å². The SMILES string of the molecule is CCn1c(COCc2ccccc2)nn(-c2nc3c(Br)cn(-c4ccccc4OC)c(=O)c3cc2F)c1=O. The molecule has 0 saturated carbocycles. The highest BCUT2D eigenvalue weighted by Crippen LogP contribution is 2.27. The Bertz CT molecular complexity index is 1750. The Balaban J connectivity index is 1.55. The molecule has 0 radical (unpaired) electrons. The summed E-state index contributed by atoms with van der Waals surface area (Å²) in [7, 11) is 1.50. The van der Waals surface area contributed by atoms with Crippen molar-refractivity contribution in [2.24, 2.45) is 0 Å². The summed E-state index contributed by atoms with van der Waals surface area (Å²) in [4.78, 5) is 30.8. The van der Waals surface area contributed by atoms with Crippen LogP contribution in [-0.2, 0) is 24.5 Å². The summed E-state index contributed by atoms with van der Waals surface area (Å²) in [6, 6.07) is 17.6. The normalized spacial score (nSPS) is 11.3. The molecule has 2 aromatic carbocycles. The van der Waals surface area contributed by atoms with Crippen molar-refractivity contribution in [3.63, 3.8) is 0 Å². The van der Waals surface area contributed by atoms with E-state index in [2.05, 4.69) is 26.0 Å². The minimum absolute atomic E-state index is 0.0286. The molecule has 0 fully saturated rings. The van der Waals surface area contributed by atoms with Gasteiger partial charge in [0.15, 0.2) is 17.5 Å². The van der Waals surface area contributed by atoms with Crippen molar-refractivity contribution in [2.45, 2.75) is 26.7 Å². The zero-order chi connectivity index (χ0) is 26.8. The van der Waals surface area contributed by atoms with Gasteiger partial charge >= 0.3 is 5.69 Å². The molecule has 0 aliphatic rings. The lowest BCUT2D eigenvalue weighted by Crippen LogP contribution is -2.26. The summed E-state index contributed by atoms with van der Waals surface area (Å²) >= 11 is 3.45. The third kappa shape index (κ3) is 4.66. The molecule has 0 bridgehead atoms. The lowest BCUT2D eigenvalue weighted by Gasteiger charge is -2.13. The molecule has 0 saturated heterocycles. The largest absolute Gasteiger partial charge is 0.495 e. The molecule has 0 N–H and O–H groups in total. The van der Waals surface area contributed by atoms with E-state index in [-0.39, 0.29) is 23.3 Å². The number of hydrogen-bond acceptors (Lipinski definition) is 6. The van der Waals surface area contributed by atoms with Crippen LogP contribution in [0.5, 0.6) is 5.75 Å². The second kappa shape index (κ2) is 10.7. The second-order valence-corrected chi connectivity index (χ2v) is 9.20. The molecule has 11 heteroatoms. The van der Waals surface area contributed by atoms with Gasteiger partial charge in [-0.2, -0.15) is 4.68 Å². The summed E-state index contributed by atoms with van der Waals surface area (Å²) in [6.07, 6.45) is 1.54. The molecule has 3 heterocycles. The predicted octanol–water partition coefficient (Wildman–Crippen LogP) is 4.38. The van der Waals surface area contributed by atoms with E-state index in [9.17, 15) is 9.59 Å². The highest BCUT2D eigenvalue weighted by Gasteiger charge is 2.21. The lowest BCUT2D eigenvalue weighted by molar-refractivity contribution is 0.0989. The van der Waals surface area contributed by atoms with Crippen LogP contribution in [0, 0.1) is 5.82 Å². The first-order chi connectivity index (χ1) is 18.4. The maximum Gasteiger partial charge on any atom is 0.352 e. The Morgan fingerprint density at radius 2 is 1.76 bits per heavy atom. The Morgan fingerprint density at radius 3 is 2.50 bits per heavy atom. The summed E-state index contributed by atoms with van der Waals surface area (Å²) in [6.45, 7) is 2.48. The Morgan fingerprint density at radius 1 is 1.03 bits per heavy atom. The van der Waals surface area contributed by atoms with Gasteiger partial charge in [0.1, 0.15) is 12.4 Å². The zero-order valence-corrected chi connectivity index (χ0v) is 22.2. The summed E-state index contributed by atoms with van der Waals surface area (Å²) in [5.41, 5.74) is 0.604. The van der Waals surface area contributed by atoms with Gasteiger partial charge in [-0.1, -0.05) is 42.5 Å². The standard InChI is InChI=1S/C27H23BrFN5O4/c1-3-32-23(16-38-15-17-9-5-4-6-10-17)31-34(27(32)36)25-20(29)13-18-24(30-25)19(28)14-33(26(18)35)21-11-7-8-12-22(21)37-2/h4-14H,3,15-16H2,1-2H3. The van der Waals surface area contributed by atoms with Crippen molar-refractivity contribution >= 4 is 26.8 Å². The fourth-order valence-electron chi connectivity index (χ4n) is 4.18. The number of aromatic nitrogens is 5. The number of ether oxygens (including phenoxy) is 2. The molecular formula is C27H23BrFN5O4. The van der Waals surface area contributed by atoms with Crippen LogP contribution in [0.4, 0.5) is 4.39 Å². The Kier molecular flexibility index (Phi) is 7.21.